The number of aliphatic hydroxyl groups is 1. The molecular formula is C38H42Br2O3. The highest BCUT2D eigenvalue weighted by Gasteiger charge is 2.37. The summed E-state index contributed by atoms with van der Waals surface area (Å²) in [6, 6.07) is 27.6. The van der Waals surface area contributed by atoms with Gasteiger partial charge in [-0.1, -0.05) is 145 Å². The van der Waals surface area contributed by atoms with E-state index < -0.39 is 11.6 Å². The van der Waals surface area contributed by atoms with E-state index in [1.165, 1.54) is 49.7 Å². The average Bonchev–Trinajstić information content (AvgIpc) is 3.01. The molecule has 43 heavy (non-hydrogen) atoms. The molecule has 2 N–H and O–H groups in total. The van der Waals surface area contributed by atoms with Crippen molar-refractivity contribution in [3.05, 3.63) is 127 Å². The van der Waals surface area contributed by atoms with Crippen molar-refractivity contribution in [2.45, 2.75) is 83.7 Å². The van der Waals surface area contributed by atoms with E-state index in [2.05, 4.69) is 70.0 Å². The highest BCUT2D eigenvalue weighted by molar-refractivity contribution is 9.10. The summed E-state index contributed by atoms with van der Waals surface area (Å²) in [4.78, 5) is 12.4. The van der Waals surface area contributed by atoms with Crippen LogP contribution in [0.5, 0.6) is 0 Å². The summed E-state index contributed by atoms with van der Waals surface area (Å²) in [6.07, 6.45) is 11.3. The number of carbonyl (C=O) groups is 1. The van der Waals surface area contributed by atoms with E-state index >= 15 is 0 Å². The van der Waals surface area contributed by atoms with Gasteiger partial charge in [0, 0.05) is 14.5 Å². The monoisotopic (exact) mass is 704 g/mol. The van der Waals surface area contributed by atoms with Gasteiger partial charge in [-0.05, 0) is 83.3 Å². The third-order valence-electron chi connectivity index (χ3n) is 8.20. The summed E-state index contributed by atoms with van der Waals surface area (Å²) in [6.45, 7) is 4.44. The first-order chi connectivity index (χ1) is 20.8. The van der Waals surface area contributed by atoms with E-state index in [1.54, 1.807) is 6.07 Å². The predicted octanol–water partition coefficient (Wildman–Crippen LogP) is 11.1. The zero-order chi connectivity index (χ0) is 30.8. The Morgan fingerprint density at radius 3 is 1.67 bits per heavy atom. The topological polar surface area (TPSA) is 57.5 Å². The molecule has 0 heterocycles. The maximum Gasteiger partial charge on any atom is 0.336 e. The molecule has 0 saturated carbocycles. The first kappa shape index (κ1) is 33.2. The molecule has 0 spiro atoms. The van der Waals surface area contributed by atoms with Crippen LogP contribution in [-0.4, -0.2) is 16.2 Å². The minimum atomic E-state index is -1.53. The number of rotatable bonds is 15. The molecule has 0 unspecified atom stereocenters. The van der Waals surface area contributed by atoms with Gasteiger partial charge in [0.1, 0.15) is 5.60 Å². The fourth-order valence-electron chi connectivity index (χ4n) is 5.87. The largest absolute Gasteiger partial charge is 0.478 e. The van der Waals surface area contributed by atoms with E-state index in [9.17, 15) is 15.0 Å². The number of unbranched alkanes of at least 4 members (excludes halogenated alkanes) is 6. The van der Waals surface area contributed by atoms with Gasteiger partial charge in [0.15, 0.2) is 0 Å². The molecule has 0 fully saturated rings. The van der Waals surface area contributed by atoms with Crippen LogP contribution in [0, 0.1) is 0 Å². The molecule has 5 heteroatoms. The molecule has 0 bridgehead atoms. The van der Waals surface area contributed by atoms with E-state index in [4.69, 9.17) is 0 Å². The molecule has 0 aliphatic carbocycles. The molecule has 0 amide bonds. The summed E-state index contributed by atoms with van der Waals surface area (Å²) < 4.78 is 1.50. The standard InChI is InChI=1S/C38H42Br2O3/c1-3-5-7-9-13-27-15-11-17-29(23-27)38(43,30-18-12-16-28(24-30)14-10-8-6-4-2)36-26-32(40)20-22-34(36)33-21-19-31(39)25-35(33)37(41)42/h11-12,15-26,43H,3-10,13-14H2,1-2H3,(H,41,42). The van der Waals surface area contributed by atoms with Crippen LogP contribution in [0.4, 0.5) is 0 Å². The number of aromatic carboxylic acids is 1. The summed E-state index contributed by atoms with van der Waals surface area (Å²) >= 11 is 7.09. The van der Waals surface area contributed by atoms with Crippen molar-refractivity contribution < 1.29 is 15.0 Å². The smallest absolute Gasteiger partial charge is 0.336 e. The van der Waals surface area contributed by atoms with Crippen LogP contribution < -0.4 is 0 Å². The lowest BCUT2D eigenvalue weighted by molar-refractivity contribution is 0.0697. The molecule has 0 aromatic heterocycles. The molecule has 4 aromatic carbocycles. The zero-order valence-corrected chi connectivity index (χ0v) is 28.4. The highest BCUT2D eigenvalue weighted by atomic mass is 79.9. The first-order valence-electron chi connectivity index (χ1n) is 15.5. The average molecular weight is 707 g/mol. The third-order valence-corrected chi connectivity index (χ3v) is 9.19. The minimum absolute atomic E-state index is 0.176. The number of carboxylic acids is 1. The Hall–Kier alpha value is -2.73. The second kappa shape index (κ2) is 15.8. The van der Waals surface area contributed by atoms with Crippen LogP contribution in [-0.2, 0) is 18.4 Å². The molecule has 3 nitrogen and oxygen atoms in total. The number of hydrogen-bond acceptors (Lipinski definition) is 2. The number of halogens is 2. The van der Waals surface area contributed by atoms with Crippen LogP contribution in [0.1, 0.15) is 103 Å². The SMILES string of the molecule is CCCCCCc1cccc(C(O)(c2cccc(CCCCCC)c2)c2cc(Br)ccc2-c2ccc(Br)cc2C(=O)O)c1. The van der Waals surface area contributed by atoms with Gasteiger partial charge < -0.3 is 10.2 Å². The lowest BCUT2D eigenvalue weighted by atomic mass is 9.76. The fraction of sp³-hybridized carbons (Fsp3) is 0.342. The van der Waals surface area contributed by atoms with Gasteiger partial charge in [-0.15, -0.1) is 0 Å². The molecule has 0 radical (unpaired) electrons. The fourth-order valence-corrected chi connectivity index (χ4v) is 6.59. The Labute approximate surface area is 273 Å². The summed E-state index contributed by atoms with van der Waals surface area (Å²) in [5.74, 6) is -1.02. The Morgan fingerprint density at radius 1 is 0.651 bits per heavy atom. The van der Waals surface area contributed by atoms with Gasteiger partial charge >= 0.3 is 5.97 Å². The predicted molar refractivity (Wildman–Crippen MR) is 185 cm³/mol. The number of benzene rings is 4. The van der Waals surface area contributed by atoms with Gasteiger partial charge in [0.05, 0.1) is 5.56 Å². The van der Waals surface area contributed by atoms with Gasteiger partial charge in [-0.25, -0.2) is 4.79 Å². The van der Waals surface area contributed by atoms with Gasteiger partial charge in [0.25, 0.3) is 0 Å². The maximum absolute atomic E-state index is 13.2. The van der Waals surface area contributed by atoms with Gasteiger partial charge in [0.2, 0.25) is 0 Å². The van der Waals surface area contributed by atoms with E-state index in [1.807, 2.05) is 54.6 Å². The van der Waals surface area contributed by atoms with Crippen molar-refractivity contribution in [1.29, 1.82) is 0 Å². The van der Waals surface area contributed by atoms with Crippen molar-refractivity contribution in [2.24, 2.45) is 0 Å². The second-order valence-electron chi connectivity index (χ2n) is 11.4. The Balaban J connectivity index is 1.92. The van der Waals surface area contributed by atoms with Crippen LogP contribution in [0.2, 0.25) is 0 Å². The normalized spacial score (nSPS) is 11.6. The third kappa shape index (κ3) is 8.26. The molecule has 0 aliphatic rings. The molecule has 0 atom stereocenters. The van der Waals surface area contributed by atoms with E-state index in [-0.39, 0.29) is 5.56 Å². The lowest BCUT2D eigenvalue weighted by Gasteiger charge is -2.33. The van der Waals surface area contributed by atoms with Gasteiger partial charge in [-0.2, -0.15) is 0 Å². The van der Waals surface area contributed by atoms with Crippen molar-refractivity contribution >= 4 is 37.8 Å². The van der Waals surface area contributed by atoms with E-state index in [0.29, 0.717) is 21.2 Å². The van der Waals surface area contributed by atoms with Crippen molar-refractivity contribution in [2.75, 3.05) is 0 Å². The Morgan fingerprint density at radius 2 is 1.16 bits per heavy atom. The summed E-state index contributed by atoms with van der Waals surface area (Å²) in [7, 11) is 0. The molecule has 4 rings (SSSR count). The number of aryl methyl sites for hydroxylation is 2. The van der Waals surface area contributed by atoms with Crippen LogP contribution in [0.25, 0.3) is 11.1 Å². The summed E-state index contributed by atoms with van der Waals surface area (Å²) in [5, 5.41) is 23.3. The zero-order valence-electron chi connectivity index (χ0n) is 25.2. The quantitative estimate of drug-likeness (QED) is 0.0956. The first-order valence-corrected chi connectivity index (χ1v) is 17.1. The van der Waals surface area contributed by atoms with Crippen molar-refractivity contribution in [3.63, 3.8) is 0 Å². The van der Waals surface area contributed by atoms with Gasteiger partial charge in [-0.3, -0.25) is 0 Å². The van der Waals surface area contributed by atoms with Crippen LogP contribution in [0.3, 0.4) is 0 Å². The molecule has 4 aromatic rings. The molecular weight excluding hydrogens is 664 g/mol. The molecule has 0 saturated heterocycles. The van der Waals surface area contributed by atoms with Crippen LogP contribution >= 0.6 is 31.9 Å². The lowest BCUT2D eigenvalue weighted by Crippen LogP contribution is -2.30. The van der Waals surface area contributed by atoms with Crippen molar-refractivity contribution in [3.8, 4) is 11.1 Å². The Kier molecular flexibility index (Phi) is 12.2. The highest BCUT2D eigenvalue weighted by Crippen LogP contribution is 2.44. The van der Waals surface area contributed by atoms with Crippen LogP contribution in [0.15, 0.2) is 93.9 Å². The minimum Gasteiger partial charge on any atom is -0.478 e. The maximum atomic E-state index is 13.2. The van der Waals surface area contributed by atoms with Crippen molar-refractivity contribution in [1.82, 2.24) is 0 Å². The second-order valence-corrected chi connectivity index (χ2v) is 13.2. The Bertz CT molecular complexity index is 1470. The number of hydrogen-bond donors (Lipinski definition) is 2. The number of carboxylic acid groups (broad SMARTS) is 1. The molecule has 226 valence electrons. The summed E-state index contributed by atoms with van der Waals surface area (Å²) in [5.41, 5.74) is 4.45. The van der Waals surface area contributed by atoms with E-state index in [0.717, 1.165) is 41.3 Å². The molecule has 0 aliphatic heterocycles.